The van der Waals surface area contributed by atoms with Gasteiger partial charge in [-0.3, -0.25) is 4.90 Å². The summed E-state index contributed by atoms with van der Waals surface area (Å²) in [6.45, 7) is 4.20. The highest BCUT2D eigenvalue weighted by atomic mass is 32.2. The molecule has 1 aliphatic heterocycles. The summed E-state index contributed by atoms with van der Waals surface area (Å²) in [6, 6.07) is 22.3. The molecule has 1 saturated heterocycles. The fraction of sp³-hybridized carbons (Fsp3) is 0.259. The summed E-state index contributed by atoms with van der Waals surface area (Å²) in [5.74, 6) is 1.50. The lowest BCUT2D eigenvalue weighted by Crippen LogP contribution is -2.46. The molecule has 0 spiro atoms. The normalized spacial score (nSPS) is 14.9. The largest absolute Gasteiger partial charge is 0.497 e. The fourth-order valence-electron chi connectivity index (χ4n) is 4.68. The van der Waals surface area contributed by atoms with Crippen LogP contribution in [0, 0.1) is 0 Å². The SMILES string of the molecule is COc1ccc(S(=O)(=O)n2cc(CN3CCN(c4ccccc4OC)CC3)c3ccccc32)cc1. The van der Waals surface area contributed by atoms with Crippen molar-refractivity contribution in [3.8, 4) is 11.5 Å². The molecule has 0 aliphatic carbocycles. The molecule has 8 heteroatoms. The highest BCUT2D eigenvalue weighted by Gasteiger charge is 2.24. The summed E-state index contributed by atoms with van der Waals surface area (Å²) in [5, 5.41) is 0.955. The molecule has 7 nitrogen and oxygen atoms in total. The van der Waals surface area contributed by atoms with E-state index in [4.69, 9.17) is 9.47 Å². The van der Waals surface area contributed by atoms with Crippen LogP contribution in [0.2, 0.25) is 0 Å². The summed E-state index contributed by atoms with van der Waals surface area (Å²) < 4.78 is 39.1. The molecule has 3 aromatic carbocycles. The Hall–Kier alpha value is -3.49. The summed E-state index contributed by atoms with van der Waals surface area (Å²) >= 11 is 0. The Bertz CT molecular complexity index is 1420. The van der Waals surface area contributed by atoms with Gasteiger partial charge in [0.1, 0.15) is 11.5 Å². The Morgan fingerprint density at radius 1 is 0.800 bits per heavy atom. The monoisotopic (exact) mass is 491 g/mol. The van der Waals surface area contributed by atoms with Crippen molar-refractivity contribution in [2.24, 2.45) is 0 Å². The molecule has 1 fully saturated rings. The van der Waals surface area contributed by atoms with E-state index < -0.39 is 10.0 Å². The molecular formula is C27H29N3O4S. The first-order valence-electron chi connectivity index (χ1n) is 11.6. The quantitative estimate of drug-likeness (QED) is 0.386. The zero-order valence-corrected chi connectivity index (χ0v) is 20.7. The van der Waals surface area contributed by atoms with Crippen LogP contribution in [0.25, 0.3) is 10.9 Å². The number of piperazine rings is 1. The number of hydrogen-bond acceptors (Lipinski definition) is 6. The number of methoxy groups -OCH3 is 2. The van der Waals surface area contributed by atoms with Crippen LogP contribution < -0.4 is 14.4 Å². The van der Waals surface area contributed by atoms with Crippen LogP contribution in [0.1, 0.15) is 5.56 Å². The minimum atomic E-state index is -3.74. The summed E-state index contributed by atoms with van der Waals surface area (Å²) in [6.07, 6.45) is 1.77. The van der Waals surface area contributed by atoms with Crippen molar-refractivity contribution < 1.29 is 17.9 Å². The fourth-order valence-corrected chi connectivity index (χ4v) is 6.07. The molecule has 0 N–H and O–H groups in total. The summed E-state index contributed by atoms with van der Waals surface area (Å²) in [7, 11) is -0.482. The second kappa shape index (κ2) is 9.64. The van der Waals surface area contributed by atoms with Crippen LogP contribution in [0.4, 0.5) is 5.69 Å². The average Bonchev–Trinajstić information content (AvgIpc) is 3.28. The third-order valence-corrected chi connectivity index (χ3v) is 8.26. The average molecular weight is 492 g/mol. The Labute approximate surface area is 206 Å². The molecule has 0 atom stereocenters. The summed E-state index contributed by atoms with van der Waals surface area (Å²) in [5.41, 5.74) is 2.80. The van der Waals surface area contributed by atoms with Gasteiger partial charge in [-0.15, -0.1) is 0 Å². The lowest BCUT2D eigenvalue weighted by Gasteiger charge is -2.36. The van der Waals surface area contributed by atoms with Crippen LogP contribution in [0.5, 0.6) is 11.5 Å². The minimum Gasteiger partial charge on any atom is -0.497 e. The van der Waals surface area contributed by atoms with Gasteiger partial charge in [-0.2, -0.15) is 0 Å². The zero-order chi connectivity index (χ0) is 24.4. The molecule has 2 heterocycles. The van der Waals surface area contributed by atoms with Crippen LogP contribution in [0.15, 0.2) is 83.9 Å². The molecule has 0 radical (unpaired) electrons. The molecule has 0 bridgehead atoms. The molecule has 182 valence electrons. The van der Waals surface area contributed by atoms with Gasteiger partial charge in [0.2, 0.25) is 0 Å². The number of hydrogen-bond donors (Lipinski definition) is 0. The molecule has 0 amide bonds. The van der Waals surface area contributed by atoms with E-state index in [2.05, 4.69) is 15.9 Å². The van der Waals surface area contributed by atoms with Gasteiger partial charge >= 0.3 is 0 Å². The van der Waals surface area contributed by atoms with E-state index in [1.165, 1.54) is 3.97 Å². The van der Waals surface area contributed by atoms with E-state index in [0.29, 0.717) is 17.8 Å². The second-order valence-electron chi connectivity index (χ2n) is 8.58. The van der Waals surface area contributed by atoms with Crippen molar-refractivity contribution in [3.63, 3.8) is 0 Å². The Balaban J connectivity index is 1.38. The molecule has 5 rings (SSSR count). The Kier molecular flexibility index (Phi) is 6.40. The standard InChI is InChI=1S/C27H29N3O4S/c1-33-22-11-13-23(14-12-22)35(31,32)30-20-21(24-7-3-4-8-25(24)30)19-28-15-17-29(18-16-28)26-9-5-6-10-27(26)34-2/h3-14,20H,15-19H2,1-2H3. The second-order valence-corrected chi connectivity index (χ2v) is 10.4. The third kappa shape index (κ3) is 4.47. The van der Waals surface area contributed by atoms with Gasteiger partial charge in [0.25, 0.3) is 10.0 Å². The van der Waals surface area contributed by atoms with Gasteiger partial charge in [0.05, 0.1) is 30.3 Å². The molecule has 0 unspecified atom stereocenters. The van der Waals surface area contributed by atoms with Crippen LogP contribution in [-0.4, -0.2) is 57.7 Å². The van der Waals surface area contributed by atoms with Crippen LogP contribution in [-0.2, 0) is 16.6 Å². The predicted molar refractivity (Wildman–Crippen MR) is 138 cm³/mol. The molecule has 35 heavy (non-hydrogen) atoms. The number of fused-ring (bicyclic) bond motifs is 1. The van der Waals surface area contributed by atoms with E-state index in [1.807, 2.05) is 42.5 Å². The van der Waals surface area contributed by atoms with Crippen molar-refractivity contribution in [2.45, 2.75) is 11.4 Å². The van der Waals surface area contributed by atoms with E-state index in [9.17, 15) is 8.42 Å². The van der Waals surface area contributed by atoms with Gasteiger partial charge in [-0.25, -0.2) is 12.4 Å². The first-order valence-corrected chi connectivity index (χ1v) is 13.0. The zero-order valence-electron chi connectivity index (χ0n) is 19.9. The predicted octanol–water partition coefficient (Wildman–Crippen LogP) is 4.22. The van der Waals surface area contributed by atoms with Crippen LogP contribution >= 0.6 is 0 Å². The number of aromatic nitrogens is 1. The molecule has 4 aromatic rings. The number of para-hydroxylation sites is 3. The van der Waals surface area contributed by atoms with Crippen molar-refractivity contribution >= 4 is 26.6 Å². The number of nitrogens with zero attached hydrogens (tertiary/aromatic N) is 3. The lowest BCUT2D eigenvalue weighted by atomic mass is 10.1. The highest BCUT2D eigenvalue weighted by molar-refractivity contribution is 7.90. The minimum absolute atomic E-state index is 0.232. The number of ether oxygens (including phenoxy) is 2. The number of benzene rings is 3. The van der Waals surface area contributed by atoms with E-state index in [1.54, 1.807) is 44.7 Å². The van der Waals surface area contributed by atoms with Gasteiger partial charge < -0.3 is 14.4 Å². The van der Waals surface area contributed by atoms with Gasteiger partial charge in [-0.05, 0) is 48.0 Å². The maximum Gasteiger partial charge on any atom is 0.268 e. The molecule has 1 aromatic heterocycles. The van der Waals surface area contributed by atoms with Gasteiger partial charge in [0, 0.05) is 44.3 Å². The third-order valence-electron chi connectivity index (χ3n) is 6.57. The topological polar surface area (TPSA) is 64.0 Å². The number of rotatable bonds is 7. The van der Waals surface area contributed by atoms with Crippen molar-refractivity contribution in [2.75, 3.05) is 45.3 Å². The van der Waals surface area contributed by atoms with Crippen LogP contribution in [0.3, 0.4) is 0 Å². The Morgan fingerprint density at radius 2 is 1.49 bits per heavy atom. The maximum atomic E-state index is 13.5. The van der Waals surface area contributed by atoms with Crippen molar-refractivity contribution in [3.05, 3.63) is 84.6 Å². The van der Waals surface area contributed by atoms with E-state index in [-0.39, 0.29) is 4.90 Å². The Morgan fingerprint density at radius 3 is 2.20 bits per heavy atom. The molecule has 1 aliphatic rings. The van der Waals surface area contributed by atoms with Crippen molar-refractivity contribution in [1.82, 2.24) is 8.87 Å². The molecular weight excluding hydrogens is 462 g/mol. The first kappa shape index (κ1) is 23.3. The van der Waals surface area contributed by atoms with E-state index >= 15 is 0 Å². The lowest BCUT2D eigenvalue weighted by molar-refractivity contribution is 0.250. The highest BCUT2D eigenvalue weighted by Crippen LogP contribution is 2.30. The van der Waals surface area contributed by atoms with E-state index in [0.717, 1.165) is 48.6 Å². The summed E-state index contributed by atoms with van der Waals surface area (Å²) in [4.78, 5) is 4.95. The maximum absolute atomic E-state index is 13.5. The number of anilines is 1. The van der Waals surface area contributed by atoms with Gasteiger partial charge in [-0.1, -0.05) is 30.3 Å². The smallest absolute Gasteiger partial charge is 0.268 e. The van der Waals surface area contributed by atoms with Gasteiger partial charge in [0.15, 0.2) is 0 Å². The van der Waals surface area contributed by atoms with Crippen molar-refractivity contribution in [1.29, 1.82) is 0 Å². The molecule has 0 saturated carbocycles. The first-order chi connectivity index (χ1) is 17.0.